The maximum Gasteiger partial charge on any atom is 0.115 e. The molecule has 0 saturated carbocycles. The summed E-state index contributed by atoms with van der Waals surface area (Å²) >= 11 is 0. The van der Waals surface area contributed by atoms with Gasteiger partial charge < -0.3 is 10.4 Å². The maximum absolute atomic E-state index is 9.64. The number of hydrogen-bond donors (Lipinski definition) is 2. The second kappa shape index (κ2) is 6.15. The van der Waals surface area contributed by atoms with Gasteiger partial charge in [0.15, 0.2) is 0 Å². The number of benzene rings is 1. The van der Waals surface area contributed by atoms with Gasteiger partial charge in [0.05, 0.1) is 0 Å². The van der Waals surface area contributed by atoms with E-state index in [9.17, 15) is 5.11 Å². The van der Waals surface area contributed by atoms with Crippen molar-refractivity contribution < 1.29 is 5.11 Å². The van der Waals surface area contributed by atoms with Crippen LogP contribution < -0.4 is 5.32 Å². The topological polar surface area (TPSA) is 35.5 Å². The molecule has 20 heavy (non-hydrogen) atoms. The molecule has 2 rings (SSSR count). The van der Waals surface area contributed by atoms with Crippen molar-refractivity contribution in [3.05, 3.63) is 29.8 Å². The van der Waals surface area contributed by atoms with Crippen molar-refractivity contribution in [2.24, 2.45) is 5.92 Å². The Hall–Kier alpha value is -1.06. The monoisotopic (exact) mass is 276 g/mol. The molecule has 0 bridgehead atoms. The van der Waals surface area contributed by atoms with Crippen LogP contribution in [0.1, 0.15) is 39.7 Å². The summed E-state index contributed by atoms with van der Waals surface area (Å²) in [5.74, 6) is 1.04. The highest BCUT2D eigenvalue weighted by Crippen LogP contribution is 2.24. The predicted molar refractivity (Wildman–Crippen MR) is 83.8 cm³/mol. The molecule has 1 aliphatic rings. The van der Waals surface area contributed by atoms with E-state index in [-0.39, 0.29) is 5.54 Å². The fourth-order valence-corrected chi connectivity index (χ4v) is 3.09. The highest BCUT2D eigenvalue weighted by atomic mass is 16.3. The Kier molecular flexibility index (Phi) is 4.71. The molecule has 1 aliphatic heterocycles. The van der Waals surface area contributed by atoms with Crippen LogP contribution in [-0.4, -0.2) is 34.7 Å². The van der Waals surface area contributed by atoms with Crippen LogP contribution in [0.15, 0.2) is 24.3 Å². The van der Waals surface area contributed by atoms with Gasteiger partial charge in [-0.15, -0.1) is 0 Å². The molecule has 0 spiro atoms. The van der Waals surface area contributed by atoms with Gasteiger partial charge in [-0.3, -0.25) is 4.90 Å². The van der Waals surface area contributed by atoms with Crippen LogP contribution in [0, 0.1) is 5.92 Å². The van der Waals surface area contributed by atoms with E-state index < -0.39 is 0 Å². The van der Waals surface area contributed by atoms with E-state index in [1.807, 2.05) is 12.1 Å². The summed E-state index contributed by atoms with van der Waals surface area (Å²) in [5, 5.41) is 13.3. The number of nitrogens with one attached hydrogen (secondary N) is 1. The van der Waals surface area contributed by atoms with Crippen LogP contribution >= 0.6 is 0 Å². The van der Waals surface area contributed by atoms with Crippen LogP contribution in [0.2, 0.25) is 0 Å². The lowest BCUT2D eigenvalue weighted by Crippen LogP contribution is -2.62. The molecule has 0 aromatic heterocycles. The van der Waals surface area contributed by atoms with Gasteiger partial charge in [0.2, 0.25) is 0 Å². The number of rotatable bonds is 4. The smallest absolute Gasteiger partial charge is 0.115 e. The van der Waals surface area contributed by atoms with Crippen molar-refractivity contribution in [3.63, 3.8) is 0 Å². The molecule has 1 heterocycles. The molecule has 0 radical (unpaired) electrons. The zero-order chi connectivity index (χ0) is 14.8. The molecule has 1 aromatic carbocycles. The van der Waals surface area contributed by atoms with E-state index in [0.717, 1.165) is 19.6 Å². The van der Waals surface area contributed by atoms with Crippen LogP contribution in [0.25, 0.3) is 0 Å². The first-order valence-corrected chi connectivity index (χ1v) is 7.68. The fourth-order valence-electron chi connectivity index (χ4n) is 3.09. The number of aromatic hydroxyl groups is 1. The Balaban J connectivity index is 2.14. The summed E-state index contributed by atoms with van der Waals surface area (Å²) in [6, 6.07) is 8.20. The first-order valence-electron chi connectivity index (χ1n) is 7.68. The van der Waals surface area contributed by atoms with Crippen LogP contribution in [0.3, 0.4) is 0 Å². The summed E-state index contributed by atoms with van der Waals surface area (Å²) < 4.78 is 0. The standard InChI is InChI=1S/C17H28N2O/c1-5-13(2)16-10-18-17(3,4)12-19(16)11-14-7-6-8-15(20)9-14/h6-9,13,16,18,20H,5,10-12H2,1-4H3. The van der Waals surface area contributed by atoms with Crippen molar-refractivity contribution in [3.8, 4) is 5.75 Å². The van der Waals surface area contributed by atoms with Crippen molar-refractivity contribution in [1.29, 1.82) is 0 Å². The highest BCUT2D eigenvalue weighted by Gasteiger charge is 2.34. The number of piperazine rings is 1. The van der Waals surface area contributed by atoms with E-state index >= 15 is 0 Å². The second-order valence-electron chi connectivity index (χ2n) is 6.79. The van der Waals surface area contributed by atoms with Gasteiger partial charge in [-0.2, -0.15) is 0 Å². The molecule has 0 aliphatic carbocycles. The quantitative estimate of drug-likeness (QED) is 0.887. The van der Waals surface area contributed by atoms with E-state index in [1.165, 1.54) is 12.0 Å². The second-order valence-corrected chi connectivity index (χ2v) is 6.79. The first-order chi connectivity index (χ1) is 9.41. The first kappa shape index (κ1) is 15.3. The van der Waals surface area contributed by atoms with Gasteiger partial charge in [-0.05, 0) is 37.5 Å². The summed E-state index contributed by atoms with van der Waals surface area (Å²) in [6.45, 7) is 12.1. The molecular weight excluding hydrogens is 248 g/mol. The molecule has 3 heteroatoms. The van der Waals surface area contributed by atoms with Gasteiger partial charge in [0, 0.05) is 31.2 Å². The van der Waals surface area contributed by atoms with Gasteiger partial charge in [-0.1, -0.05) is 32.4 Å². The van der Waals surface area contributed by atoms with Crippen molar-refractivity contribution in [2.75, 3.05) is 13.1 Å². The molecule has 1 fully saturated rings. The lowest BCUT2D eigenvalue weighted by molar-refractivity contribution is 0.0571. The Labute approximate surface area is 123 Å². The summed E-state index contributed by atoms with van der Waals surface area (Å²) in [4.78, 5) is 2.57. The Morgan fingerprint density at radius 1 is 1.45 bits per heavy atom. The average Bonchev–Trinajstić information content (AvgIpc) is 2.37. The maximum atomic E-state index is 9.64. The number of nitrogens with zero attached hydrogens (tertiary/aromatic N) is 1. The molecule has 112 valence electrons. The van der Waals surface area contributed by atoms with Crippen LogP contribution in [0.4, 0.5) is 0 Å². The Bertz CT molecular complexity index is 444. The number of phenols is 1. The largest absolute Gasteiger partial charge is 0.508 e. The third-order valence-electron chi connectivity index (χ3n) is 4.45. The molecular formula is C17H28N2O. The van der Waals surface area contributed by atoms with Crippen molar-refractivity contribution in [2.45, 2.75) is 52.2 Å². The minimum Gasteiger partial charge on any atom is -0.508 e. The fraction of sp³-hybridized carbons (Fsp3) is 0.647. The van der Waals surface area contributed by atoms with E-state index in [1.54, 1.807) is 6.07 Å². The molecule has 2 atom stereocenters. The minimum absolute atomic E-state index is 0.154. The summed E-state index contributed by atoms with van der Waals surface area (Å²) in [7, 11) is 0. The lowest BCUT2D eigenvalue weighted by atomic mass is 9.90. The number of hydrogen-bond acceptors (Lipinski definition) is 3. The summed E-state index contributed by atoms with van der Waals surface area (Å²) in [6.07, 6.45) is 1.20. The predicted octanol–water partition coefficient (Wildman–Crippen LogP) is 2.99. The average molecular weight is 276 g/mol. The molecule has 1 saturated heterocycles. The zero-order valence-electron chi connectivity index (χ0n) is 13.2. The zero-order valence-corrected chi connectivity index (χ0v) is 13.2. The van der Waals surface area contributed by atoms with E-state index in [0.29, 0.717) is 17.7 Å². The SMILES string of the molecule is CCC(C)C1CNC(C)(C)CN1Cc1cccc(O)c1. The summed E-state index contributed by atoms with van der Waals surface area (Å²) in [5.41, 5.74) is 1.34. The Morgan fingerprint density at radius 2 is 2.20 bits per heavy atom. The van der Waals surface area contributed by atoms with Gasteiger partial charge >= 0.3 is 0 Å². The highest BCUT2D eigenvalue weighted by molar-refractivity contribution is 5.27. The molecule has 2 unspecified atom stereocenters. The van der Waals surface area contributed by atoms with Gasteiger partial charge in [-0.25, -0.2) is 0 Å². The van der Waals surface area contributed by atoms with Gasteiger partial charge in [0.25, 0.3) is 0 Å². The molecule has 2 N–H and O–H groups in total. The molecule has 3 nitrogen and oxygen atoms in total. The van der Waals surface area contributed by atoms with Gasteiger partial charge in [0.1, 0.15) is 5.75 Å². The van der Waals surface area contributed by atoms with Crippen molar-refractivity contribution in [1.82, 2.24) is 10.2 Å². The number of phenolic OH excluding ortho intramolecular Hbond substituents is 1. The normalized spacial score (nSPS) is 24.5. The van der Waals surface area contributed by atoms with E-state index in [4.69, 9.17) is 0 Å². The van der Waals surface area contributed by atoms with Crippen LogP contribution in [0.5, 0.6) is 5.75 Å². The third-order valence-corrected chi connectivity index (χ3v) is 4.45. The van der Waals surface area contributed by atoms with Crippen molar-refractivity contribution >= 4 is 0 Å². The third kappa shape index (κ3) is 3.74. The van der Waals surface area contributed by atoms with E-state index in [2.05, 4.69) is 44.0 Å². The lowest BCUT2D eigenvalue weighted by Gasteiger charge is -2.47. The van der Waals surface area contributed by atoms with Crippen LogP contribution in [-0.2, 0) is 6.54 Å². The molecule has 1 aromatic rings. The Morgan fingerprint density at radius 3 is 2.85 bits per heavy atom. The minimum atomic E-state index is 0.154. The molecule has 0 amide bonds.